The van der Waals surface area contributed by atoms with Gasteiger partial charge in [-0.15, -0.1) is 0 Å². The van der Waals surface area contributed by atoms with E-state index < -0.39 is 0 Å². The number of amides is 1. The Hall–Kier alpha value is -2.01. The summed E-state index contributed by atoms with van der Waals surface area (Å²) in [5, 5.41) is 1.02. The predicted octanol–water partition coefficient (Wildman–Crippen LogP) is 6.42. The fourth-order valence-electron chi connectivity index (χ4n) is 3.59. The molecule has 148 valence electrons. The number of carbonyl (C=O) groups is 1. The molecule has 29 heavy (non-hydrogen) atoms. The van der Waals surface area contributed by atoms with Crippen LogP contribution in [-0.4, -0.2) is 23.9 Å². The van der Waals surface area contributed by atoms with Crippen LogP contribution in [0.5, 0.6) is 0 Å². The van der Waals surface area contributed by atoms with Gasteiger partial charge in [0.2, 0.25) is 0 Å². The van der Waals surface area contributed by atoms with Gasteiger partial charge in [-0.2, -0.15) is 0 Å². The van der Waals surface area contributed by atoms with Crippen molar-refractivity contribution in [3.05, 3.63) is 97.9 Å². The van der Waals surface area contributed by atoms with Crippen LogP contribution in [0.25, 0.3) is 0 Å². The van der Waals surface area contributed by atoms with Crippen LogP contribution in [0.1, 0.15) is 21.5 Å². The molecule has 0 bridgehead atoms. The van der Waals surface area contributed by atoms with E-state index in [-0.39, 0.29) is 5.91 Å². The van der Waals surface area contributed by atoms with Crippen molar-refractivity contribution in [1.82, 2.24) is 4.90 Å². The normalized spacial score (nSPS) is 14.0. The fourth-order valence-corrected chi connectivity index (χ4v) is 4.36. The van der Waals surface area contributed by atoms with Crippen LogP contribution in [-0.2, 0) is 13.1 Å². The first kappa shape index (κ1) is 20.3. The van der Waals surface area contributed by atoms with Crippen LogP contribution < -0.4 is 4.90 Å². The lowest BCUT2D eigenvalue weighted by atomic mass is 10.1. The number of benzene rings is 3. The van der Waals surface area contributed by atoms with Crippen molar-refractivity contribution < 1.29 is 4.79 Å². The molecule has 0 fully saturated rings. The van der Waals surface area contributed by atoms with Gasteiger partial charge in [0.15, 0.2) is 0 Å². The third-order valence-electron chi connectivity index (χ3n) is 5.02. The molecule has 3 aromatic rings. The van der Waals surface area contributed by atoms with Gasteiger partial charge in [-0.1, -0.05) is 69.5 Å². The number of halogens is 3. The molecule has 4 rings (SSSR count). The van der Waals surface area contributed by atoms with Crippen molar-refractivity contribution in [2.45, 2.75) is 13.1 Å². The summed E-state index contributed by atoms with van der Waals surface area (Å²) in [5.74, 6) is 0.0309. The summed E-state index contributed by atoms with van der Waals surface area (Å²) >= 11 is 15.7. The number of anilines is 1. The Kier molecular flexibility index (Phi) is 6.14. The minimum Gasteiger partial charge on any atom is -0.365 e. The van der Waals surface area contributed by atoms with E-state index in [1.807, 2.05) is 53.4 Å². The smallest absolute Gasteiger partial charge is 0.256 e. The molecule has 0 saturated heterocycles. The lowest BCUT2D eigenvalue weighted by Crippen LogP contribution is -2.34. The zero-order chi connectivity index (χ0) is 20.4. The maximum absolute atomic E-state index is 13.3. The van der Waals surface area contributed by atoms with E-state index in [1.54, 1.807) is 6.07 Å². The molecule has 1 aliphatic heterocycles. The van der Waals surface area contributed by atoms with E-state index in [4.69, 9.17) is 23.2 Å². The molecule has 0 aliphatic carbocycles. The molecule has 3 aromatic carbocycles. The molecular weight excluding hydrogens is 471 g/mol. The van der Waals surface area contributed by atoms with Gasteiger partial charge in [-0.3, -0.25) is 4.79 Å². The van der Waals surface area contributed by atoms with E-state index in [1.165, 1.54) is 5.56 Å². The molecule has 0 atom stereocenters. The van der Waals surface area contributed by atoms with Gasteiger partial charge < -0.3 is 9.80 Å². The second-order valence-electron chi connectivity index (χ2n) is 7.04. The number of carbonyl (C=O) groups excluding carboxylic acids is 1. The summed E-state index contributed by atoms with van der Waals surface area (Å²) in [6, 6.07) is 21.6. The maximum Gasteiger partial charge on any atom is 0.256 e. The van der Waals surface area contributed by atoms with Crippen LogP contribution in [0.2, 0.25) is 10.0 Å². The average molecular weight is 490 g/mol. The summed E-state index contributed by atoms with van der Waals surface area (Å²) in [4.78, 5) is 17.4. The van der Waals surface area contributed by atoms with Crippen LogP contribution in [0.4, 0.5) is 5.69 Å². The summed E-state index contributed by atoms with van der Waals surface area (Å²) in [5.41, 5.74) is 3.85. The standard InChI is InChI=1S/C23H19BrCl2N2O/c24-18-5-3-4-16(12-18)14-27-10-11-28(15-17-8-9-20(25)21(26)13-17)23(29)19-6-1-2-7-22(19)27/h1-9,12-13H,10-11,14-15H2. The third-order valence-corrected chi connectivity index (χ3v) is 6.25. The van der Waals surface area contributed by atoms with Crippen LogP contribution in [0, 0.1) is 0 Å². The molecule has 6 heteroatoms. The topological polar surface area (TPSA) is 23.6 Å². The maximum atomic E-state index is 13.3. The van der Waals surface area contributed by atoms with Gasteiger partial charge >= 0.3 is 0 Å². The fraction of sp³-hybridized carbons (Fsp3) is 0.174. The Bertz CT molecular complexity index is 1060. The molecule has 0 saturated carbocycles. The van der Waals surface area contributed by atoms with Gasteiger partial charge in [0, 0.05) is 36.3 Å². The monoisotopic (exact) mass is 488 g/mol. The largest absolute Gasteiger partial charge is 0.365 e. The zero-order valence-electron chi connectivity index (χ0n) is 15.6. The predicted molar refractivity (Wildman–Crippen MR) is 123 cm³/mol. The quantitative estimate of drug-likeness (QED) is 0.422. The van der Waals surface area contributed by atoms with Gasteiger partial charge in [0.1, 0.15) is 0 Å². The molecule has 0 N–H and O–H groups in total. The first-order chi connectivity index (χ1) is 14.0. The van der Waals surface area contributed by atoms with Gasteiger partial charge in [0.25, 0.3) is 5.91 Å². The van der Waals surface area contributed by atoms with Crippen molar-refractivity contribution in [3.63, 3.8) is 0 Å². The second-order valence-corrected chi connectivity index (χ2v) is 8.77. The molecule has 0 unspecified atom stereocenters. The van der Waals surface area contributed by atoms with Gasteiger partial charge in [0.05, 0.1) is 15.6 Å². The third kappa shape index (κ3) is 4.61. The Morgan fingerprint density at radius 2 is 1.52 bits per heavy atom. The van der Waals surface area contributed by atoms with E-state index in [0.717, 1.165) is 34.4 Å². The average Bonchev–Trinajstić information content (AvgIpc) is 2.83. The van der Waals surface area contributed by atoms with E-state index >= 15 is 0 Å². The van der Waals surface area contributed by atoms with Crippen molar-refractivity contribution >= 4 is 50.7 Å². The molecule has 0 radical (unpaired) electrons. The molecule has 0 spiro atoms. The highest BCUT2D eigenvalue weighted by atomic mass is 79.9. The number of para-hydroxylation sites is 1. The Morgan fingerprint density at radius 3 is 2.31 bits per heavy atom. The summed E-state index contributed by atoms with van der Waals surface area (Å²) in [6.45, 7) is 2.61. The first-order valence-corrected chi connectivity index (χ1v) is 10.9. The van der Waals surface area contributed by atoms with E-state index in [2.05, 4.69) is 33.0 Å². The summed E-state index contributed by atoms with van der Waals surface area (Å²) in [6.07, 6.45) is 0. The minimum absolute atomic E-state index is 0.0309. The number of rotatable bonds is 4. The number of hydrogen-bond donors (Lipinski definition) is 0. The van der Waals surface area contributed by atoms with Gasteiger partial charge in [-0.05, 0) is 47.5 Å². The number of nitrogens with zero attached hydrogens (tertiary/aromatic N) is 2. The summed E-state index contributed by atoms with van der Waals surface area (Å²) in [7, 11) is 0. The number of hydrogen-bond acceptors (Lipinski definition) is 2. The highest BCUT2D eigenvalue weighted by Gasteiger charge is 2.26. The van der Waals surface area contributed by atoms with E-state index in [0.29, 0.717) is 23.1 Å². The van der Waals surface area contributed by atoms with Crippen LogP contribution >= 0.6 is 39.1 Å². The molecule has 0 aromatic heterocycles. The van der Waals surface area contributed by atoms with Crippen molar-refractivity contribution in [1.29, 1.82) is 0 Å². The Labute approximate surface area is 189 Å². The first-order valence-electron chi connectivity index (χ1n) is 9.33. The SMILES string of the molecule is O=C1c2ccccc2N(Cc2cccc(Br)c2)CCN1Cc1ccc(Cl)c(Cl)c1. The molecule has 1 heterocycles. The van der Waals surface area contributed by atoms with Crippen molar-refractivity contribution in [3.8, 4) is 0 Å². The molecule has 3 nitrogen and oxygen atoms in total. The summed E-state index contributed by atoms with van der Waals surface area (Å²) < 4.78 is 1.05. The van der Waals surface area contributed by atoms with Crippen molar-refractivity contribution in [2.75, 3.05) is 18.0 Å². The molecular formula is C23H19BrCl2N2O. The van der Waals surface area contributed by atoms with Gasteiger partial charge in [-0.25, -0.2) is 0 Å². The second kappa shape index (κ2) is 8.78. The molecule has 1 aliphatic rings. The highest BCUT2D eigenvalue weighted by molar-refractivity contribution is 9.10. The lowest BCUT2D eigenvalue weighted by Gasteiger charge is -2.25. The highest BCUT2D eigenvalue weighted by Crippen LogP contribution is 2.29. The lowest BCUT2D eigenvalue weighted by molar-refractivity contribution is 0.0754. The minimum atomic E-state index is 0.0309. The number of fused-ring (bicyclic) bond motifs is 1. The molecule has 1 amide bonds. The Morgan fingerprint density at radius 1 is 0.793 bits per heavy atom. The van der Waals surface area contributed by atoms with E-state index in [9.17, 15) is 4.79 Å². The van der Waals surface area contributed by atoms with Crippen LogP contribution in [0.3, 0.4) is 0 Å². The van der Waals surface area contributed by atoms with Crippen LogP contribution in [0.15, 0.2) is 71.2 Å². The van der Waals surface area contributed by atoms with Crippen molar-refractivity contribution in [2.24, 2.45) is 0 Å². The Balaban J connectivity index is 1.62. The zero-order valence-corrected chi connectivity index (χ0v) is 18.7.